The highest BCUT2D eigenvalue weighted by atomic mass is 16.5. The van der Waals surface area contributed by atoms with Gasteiger partial charge >= 0.3 is 0 Å². The van der Waals surface area contributed by atoms with Crippen LogP contribution < -0.4 is 20.4 Å². The number of methoxy groups -OCH3 is 1. The zero-order valence-electron chi connectivity index (χ0n) is 21.8. The highest BCUT2D eigenvalue weighted by molar-refractivity contribution is 6.00. The first-order valence-electron chi connectivity index (χ1n) is 12.7. The van der Waals surface area contributed by atoms with Gasteiger partial charge in [-0.2, -0.15) is 4.98 Å². The van der Waals surface area contributed by atoms with E-state index in [2.05, 4.69) is 44.8 Å². The Bertz CT molecular complexity index is 1190. The lowest BCUT2D eigenvalue weighted by Crippen LogP contribution is -2.42. The smallest absolute Gasteiger partial charge is 0.234 e. The maximum atomic E-state index is 13.2. The van der Waals surface area contributed by atoms with Gasteiger partial charge in [0.2, 0.25) is 11.9 Å². The normalized spacial score (nSPS) is 24.9. The molecule has 3 aliphatic rings. The number of nitrogens with zero attached hydrogens (tertiary/aromatic N) is 4. The van der Waals surface area contributed by atoms with E-state index in [1.807, 2.05) is 39.1 Å². The van der Waals surface area contributed by atoms with E-state index in [0.717, 1.165) is 29.3 Å². The third-order valence-corrected chi connectivity index (χ3v) is 7.55. The van der Waals surface area contributed by atoms with Crippen molar-refractivity contribution < 1.29 is 9.53 Å². The van der Waals surface area contributed by atoms with Crippen LogP contribution in [0.4, 0.5) is 17.5 Å². The van der Waals surface area contributed by atoms with E-state index in [-0.39, 0.29) is 5.91 Å². The minimum atomic E-state index is -0.571. The topological polar surface area (TPSA) is 82.6 Å². The maximum Gasteiger partial charge on any atom is 0.234 e. The minimum Gasteiger partial charge on any atom is -0.495 e. The molecule has 1 fully saturated rings. The van der Waals surface area contributed by atoms with Crippen LogP contribution in [0.25, 0.3) is 0 Å². The molecule has 0 saturated heterocycles. The second-order valence-electron chi connectivity index (χ2n) is 10.7. The Kier molecular flexibility index (Phi) is 6.47. The van der Waals surface area contributed by atoms with Crippen LogP contribution in [0.3, 0.4) is 0 Å². The molecule has 190 valence electrons. The molecule has 2 N–H and O–H groups in total. The molecule has 0 spiro atoms. The zero-order chi connectivity index (χ0) is 25.4. The highest BCUT2D eigenvalue weighted by Gasteiger charge is 2.42. The molecule has 1 aromatic heterocycles. The summed E-state index contributed by atoms with van der Waals surface area (Å²) in [5.74, 6) is 3.23. The van der Waals surface area contributed by atoms with Gasteiger partial charge in [-0.25, -0.2) is 4.98 Å². The summed E-state index contributed by atoms with van der Waals surface area (Å²) in [4.78, 5) is 26.6. The number of benzene rings is 1. The van der Waals surface area contributed by atoms with Gasteiger partial charge in [0.1, 0.15) is 11.4 Å². The SMILES string of the molecule is CNC1CC1C1C=C(OC)C(Nc2ncc3c(n2)N(Cc2ccccc2)CC(C)(C)C(=O)N3C)=CC1. The molecule has 0 radical (unpaired) electrons. The average Bonchev–Trinajstić information content (AvgIpc) is 3.68. The number of ether oxygens (including phenoxy) is 1. The number of anilines is 3. The van der Waals surface area contributed by atoms with Gasteiger partial charge in [0, 0.05) is 26.2 Å². The first-order chi connectivity index (χ1) is 17.3. The molecule has 2 aromatic rings. The molecular formula is C28H36N6O2. The summed E-state index contributed by atoms with van der Waals surface area (Å²) in [6.07, 6.45) is 8.31. The lowest BCUT2D eigenvalue weighted by Gasteiger charge is -2.29. The number of carbonyl (C=O) groups excluding carboxylic acids is 1. The van der Waals surface area contributed by atoms with Crippen LogP contribution in [0.15, 0.2) is 60.1 Å². The molecular weight excluding hydrogens is 452 g/mol. The molecule has 3 unspecified atom stereocenters. The molecule has 2 aliphatic carbocycles. The fourth-order valence-corrected chi connectivity index (χ4v) is 5.45. The number of hydrogen-bond donors (Lipinski definition) is 2. The molecule has 1 aliphatic heterocycles. The van der Waals surface area contributed by atoms with Crippen LogP contribution in [0.2, 0.25) is 0 Å². The van der Waals surface area contributed by atoms with Crippen molar-refractivity contribution in [3.8, 4) is 0 Å². The summed E-state index contributed by atoms with van der Waals surface area (Å²) >= 11 is 0. The number of rotatable bonds is 7. The van der Waals surface area contributed by atoms with Crippen molar-refractivity contribution >= 4 is 23.4 Å². The predicted molar refractivity (Wildman–Crippen MR) is 143 cm³/mol. The van der Waals surface area contributed by atoms with Crippen LogP contribution in [0.1, 0.15) is 32.3 Å². The Morgan fingerprint density at radius 3 is 2.69 bits per heavy atom. The number of allylic oxidation sites excluding steroid dienone is 2. The Morgan fingerprint density at radius 1 is 1.22 bits per heavy atom. The molecule has 36 heavy (non-hydrogen) atoms. The van der Waals surface area contributed by atoms with Crippen molar-refractivity contribution in [1.29, 1.82) is 0 Å². The molecule has 2 heterocycles. The summed E-state index contributed by atoms with van der Waals surface area (Å²) in [5.41, 5.74) is 2.18. The Hall–Kier alpha value is -3.39. The van der Waals surface area contributed by atoms with Crippen molar-refractivity contribution in [2.24, 2.45) is 17.3 Å². The van der Waals surface area contributed by atoms with Gasteiger partial charge < -0.3 is 25.2 Å². The second-order valence-corrected chi connectivity index (χ2v) is 10.7. The van der Waals surface area contributed by atoms with E-state index in [0.29, 0.717) is 42.6 Å². The quantitative estimate of drug-likeness (QED) is 0.611. The Balaban J connectivity index is 1.43. The summed E-state index contributed by atoms with van der Waals surface area (Å²) < 4.78 is 5.74. The number of hydrogen-bond acceptors (Lipinski definition) is 7. The minimum absolute atomic E-state index is 0.0502. The third-order valence-electron chi connectivity index (χ3n) is 7.55. The van der Waals surface area contributed by atoms with Crippen molar-refractivity contribution in [3.05, 3.63) is 65.7 Å². The van der Waals surface area contributed by atoms with Crippen LogP contribution in [0, 0.1) is 17.3 Å². The molecule has 8 heteroatoms. The van der Waals surface area contributed by atoms with Gasteiger partial charge in [-0.1, -0.05) is 36.4 Å². The largest absolute Gasteiger partial charge is 0.495 e. The highest BCUT2D eigenvalue weighted by Crippen LogP contribution is 2.43. The van der Waals surface area contributed by atoms with Gasteiger partial charge in [0.15, 0.2) is 5.82 Å². The number of fused-ring (bicyclic) bond motifs is 1. The van der Waals surface area contributed by atoms with Gasteiger partial charge in [-0.3, -0.25) is 4.79 Å². The number of nitrogens with one attached hydrogen (secondary N) is 2. The summed E-state index contributed by atoms with van der Waals surface area (Å²) in [6, 6.07) is 10.9. The Labute approximate surface area is 213 Å². The van der Waals surface area contributed by atoms with Crippen molar-refractivity contribution in [2.75, 3.05) is 42.9 Å². The van der Waals surface area contributed by atoms with Crippen LogP contribution in [-0.2, 0) is 16.1 Å². The zero-order valence-corrected chi connectivity index (χ0v) is 21.8. The van der Waals surface area contributed by atoms with Gasteiger partial charge in [0.25, 0.3) is 0 Å². The number of aromatic nitrogens is 2. The van der Waals surface area contributed by atoms with Gasteiger partial charge in [0.05, 0.1) is 24.4 Å². The monoisotopic (exact) mass is 488 g/mol. The third kappa shape index (κ3) is 4.69. The van der Waals surface area contributed by atoms with E-state index in [4.69, 9.17) is 9.72 Å². The van der Waals surface area contributed by atoms with E-state index >= 15 is 0 Å². The van der Waals surface area contributed by atoms with E-state index in [9.17, 15) is 4.79 Å². The van der Waals surface area contributed by atoms with Crippen molar-refractivity contribution in [1.82, 2.24) is 15.3 Å². The first kappa shape index (κ1) is 24.3. The molecule has 5 rings (SSSR count). The van der Waals surface area contributed by atoms with E-state index in [1.165, 1.54) is 6.42 Å². The average molecular weight is 489 g/mol. The maximum absolute atomic E-state index is 13.2. The number of amides is 1. The molecule has 3 atom stereocenters. The van der Waals surface area contributed by atoms with Crippen LogP contribution in [-0.4, -0.2) is 49.7 Å². The second kappa shape index (κ2) is 9.58. The van der Waals surface area contributed by atoms with Gasteiger partial charge in [-0.15, -0.1) is 0 Å². The van der Waals surface area contributed by atoms with Crippen LogP contribution >= 0.6 is 0 Å². The van der Waals surface area contributed by atoms with E-state index in [1.54, 1.807) is 25.3 Å². The molecule has 1 aromatic carbocycles. The van der Waals surface area contributed by atoms with Gasteiger partial charge in [-0.05, 0) is 57.2 Å². The molecule has 0 bridgehead atoms. The van der Waals surface area contributed by atoms with E-state index < -0.39 is 5.41 Å². The van der Waals surface area contributed by atoms with Crippen molar-refractivity contribution in [3.63, 3.8) is 0 Å². The van der Waals surface area contributed by atoms with Crippen LogP contribution in [0.5, 0.6) is 0 Å². The summed E-state index contributed by atoms with van der Waals surface area (Å²) in [5, 5.41) is 6.77. The lowest BCUT2D eigenvalue weighted by molar-refractivity contribution is -0.125. The fourth-order valence-electron chi connectivity index (χ4n) is 5.45. The molecule has 1 saturated carbocycles. The standard InChI is InChI=1S/C28H36N6O2/c1-28(2)17-34(16-18-9-7-6-8-10-18)25-23(33(4)26(28)35)15-30-27(32-25)31-21-12-11-19(13-24(21)36-5)20-14-22(20)29-3/h6-10,12-13,15,19-20,22,29H,11,14,16-17H2,1-5H3,(H,30,31,32). The molecule has 1 amide bonds. The number of carbonyl (C=O) groups is 1. The lowest BCUT2D eigenvalue weighted by atomic mass is 9.91. The summed E-state index contributed by atoms with van der Waals surface area (Å²) in [6.45, 7) is 5.17. The Morgan fingerprint density at radius 2 is 2.00 bits per heavy atom. The predicted octanol–water partition coefficient (Wildman–Crippen LogP) is 3.94. The first-order valence-corrected chi connectivity index (χ1v) is 12.7. The fraction of sp³-hybridized carbons (Fsp3) is 0.464. The van der Waals surface area contributed by atoms with Crippen molar-refractivity contribution in [2.45, 2.75) is 39.3 Å². The molecule has 8 nitrogen and oxygen atoms in total. The summed E-state index contributed by atoms with van der Waals surface area (Å²) in [7, 11) is 5.53.